The summed E-state index contributed by atoms with van der Waals surface area (Å²) >= 11 is 0. The Hall–Kier alpha value is -3.13. The summed E-state index contributed by atoms with van der Waals surface area (Å²) in [6.07, 6.45) is 4.08. The third kappa shape index (κ3) is 5.76. The van der Waals surface area contributed by atoms with Gasteiger partial charge in [0, 0.05) is 18.3 Å². The van der Waals surface area contributed by atoms with Gasteiger partial charge in [0.1, 0.15) is 5.75 Å². The minimum Gasteiger partial charge on any atom is -0.494 e. The van der Waals surface area contributed by atoms with Crippen molar-refractivity contribution in [3.05, 3.63) is 60.4 Å². The molecule has 0 spiro atoms. The molecule has 3 rings (SSSR count). The molecular weight excluding hydrogens is 428 g/mol. The normalized spacial score (nSPS) is 11.6. The van der Waals surface area contributed by atoms with Crippen LogP contribution in [-0.4, -0.2) is 35.9 Å². The molecule has 0 unspecified atom stereocenters. The second kappa shape index (κ2) is 9.99. The van der Waals surface area contributed by atoms with E-state index in [9.17, 15) is 13.2 Å². The third-order valence-corrected chi connectivity index (χ3v) is 6.47. The summed E-state index contributed by atoms with van der Waals surface area (Å²) in [5, 5.41) is 13.5. The zero-order valence-electron chi connectivity index (χ0n) is 18.5. The van der Waals surface area contributed by atoms with Crippen LogP contribution in [0.15, 0.2) is 64.6 Å². The highest BCUT2D eigenvalue weighted by Crippen LogP contribution is 2.29. The molecule has 1 heterocycles. The van der Waals surface area contributed by atoms with Gasteiger partial charge < -0.3 is 9.84 Å². The van der Waals surface area contributed by atoms with Gasteiger partial charge in [0.15, 0.2) is 0 Å². The van der Waals surface area contributed by atoms with Crippen LogP contribution in [-0.2, 0) is 27.6 Å². The molecule has 0 bridgehead atoms. The molecule has 0 saturated heterocycles. The number of hydrogen-bond acceptors (Lipinski definition) is 5. The molecule has 7 nitrogen and oxygen atoms in total. The van der Waals surface area contributed by atoms with Crippen LogP contribution < -0.4 is 4.74 Å². The lowest BCUT2D eigenvalue weighted by molar-refractivity contribution is -0.136. The maximum atomic E-state index is 13.4. The Labute approximate surface area is 188 Å². The zero-order valence-corrected chi connectivity index (χ0v) is 19.3. The van der Waals surface area contributed by atoms with E-state index in [4.69, 9.17) is 9.84 Å². The van der Waals surface area contributed by atoms with Crippen LogP contribution in [0.2, 0.25) is 0 Å². The van der Waals surface area contributed by atoms with Gasteiger partial charge in [0.2, 0.25) is 9.84 Å². The molecule has 0 aliphatic rings. The highest BCUT2D eigenvalue weighted by Gasteiger charge is 2.21. The van der Waals surface area contributed by atoms with E-state index in [0.717, 1.165) is 24.1 Å². The van der Waals surface area contributed by atoms with Crippen LogP contribution in [0.25, 0.3) is 11.1 Å². The van der Waals surface area contributed by atoms with Crippen molar-refractivity contribution in [1.29, 1.82) is 0 Å². The standard InChI is InChI=1S/C24H28N2O5S/c1-4-8-31-21-9-18(11-24(27)28)10-23(13-21)32(29,30)22-7-5-6-19(12-22)20-14-25-26(16-20)15-17(2)3/h5-7,9-10,12-14,16-17H,4,8,11,15H2,1-3H3,(H,27,28). The molecule has 0 radical (unpaired) electrons. The number of carbonyl (C=O) groups is 1. The summed E-state index contributed by atoms with van der Waals surface area (Å²) in [5.41, 5.74) is 1.94. The maximum Gasteiger partial charge on any atom is 0.307 e. The molecule has 2 aromatic carbocycles. The van der Waals surface area contributed by atoms with E-state index < -0.39 is 15.8 Å². The molecule has 0 aliphatic carbocycles. The molecule has 8 heteroatoms. The molecule has 0 atom stereocenters. The molecule has 0 amide bonds. The van der Waals surface area contributed by atoms with E-state index in [1.165, 1.54) is 18.2 Å². The molecule has 1 aromatic heterocycles. The number of aromatic nitrogens is 2. The van der Waals surface area contributed by atoms with Crippen molar-refractivity contribution in [2.75, 3.05) is 6.61 Å². The molecule has 3 aromatic rings. The van der Waals surface area contributed by atoms with Gasteiger partial charge in [-0.15, -0.1) is 0 Å². The minimum atomic E-state index is -3.89. The monoisotopic (exact) mass is 456 g/mol. The largest absolute Gasteiger partial charge is 0.494 e. The Morgan fingerprint density at radius 3 is 2.59 bits per heavy atom. The highest BCUT2D eigenvalue weighted by atomic mass is 32.2. The summed E-state index contributed by atoms with van der Waals surface area (Å²) in [6.45, 7) is 7.32. The lowest BCUT2D eigenvalue weighted by Gasteiger charge is -2.12. The summed E-state index contributed by atoms with van der Waals surface area (Å²) in [7, 11) is -3.89. The van der Waals surface area contributed by atoms with Crippen molar-refractivity contribution < 1.29 is 23.1 Å². The number of aliphatic carboxylic acids is 1. The first-order valence-electron chi connectivity index (χ1n) is 10.6. The number of hydrogen-bond donors (Lipinski definition) is 1. The average Bonchev–Trinajstić information content (AvgIpc) is 3.19. The van der Waals surface area contributed by atoms with Crippen molar-refractivity contribution in [3.8, 4) is 16.9 Å². The van der Waals surface area contributed by atoms with Crippen molar-refractivity contribution in [1.82, 2.24) is 9.78 Å². The molecule has 0 fully saturated rings. The summed E-state index contributed by atoms with van der Waals surface area (Å²) < 4.78 is 34.3. The number of carboxylic acid groups (broad SMARTS) is 1. The van der Waals surface area contributed by atoms with E-state index in [-0.39, 0.29) is 16.2 Å². The van der Waals surface area contributed by atoms with Gasteiger partial charge in [0.05, 0.1) is 29.0 Å². The highest BCUT2D eigenvalue weighted by molar-refractivity contribution is 7.91. The van der Waals surface area contributed by atoms with Gasteiger partial charge in [-0.2, -0.15) is 5.10 Å². The van der Waals surface area contributed by atoms with Crippen molar-refractivity contribution >= 4 is 15.8 Å². The first-order valence-corrected chi connectivity index (χ1v) is 12.0. The van der Waals surface area contributed by atoms with Gasteiger partial charge in [-0.25, -0.2) is 8.42 Å². The quantitative estimate of drug-likeness (QED) is 0.484. The lowest BCUT2D eigenvalue weighted by atomic mass is 10.1. The smallest absolute Gasteiger partial charge is 0.307 e. The average molecular weight is 457 g/mol. The zero-order chi connectivity index (χ0) is 23.3. The maximum absolute atomic E-state index is 13.4. The van der Waals surface area contributed by atoms with E-state index in [1.807, 2.05) is 23.9 Å². The number of benzene rings is 2. The van der Waals surface area contributed by atoms with E-state index in [1.54, 1.807) is 24.4 Å². The molecule has 0 aliphatic heterocycles. The molecule has 170 valence electrons. The van der Waals surface area contributed by atoms with Crippen LogP contribution >= 0.6 is 0 Å². The number of sulfone groups is 1. The Balaban J connectivity index is 1.99. The van der Waals surface area contributed by atoms with Gasteiger partial charge in [-0.1, -0.05) is 32.9 Å². The second-order valence-electron chi connectivity index (χ2n) is 8.11. The topological polar surface area (TPSA) is 98.5 Å². The van der Waals surface area contributed by atoms with Crippen molar-refractivity contribution in [3.63, 3.8) is 0 Å². The van der Waals surface area contributed by atoms with E-state index >= 15 is 0 Å². The van der Waals surface area contributed by atoms with Gasteiger partial charge in [-0.3, -0.25) is 9.48 Å². The number of ether oxygens (including phenoxy) is 1. The predicted octanol–water partition coefficient (Wildman–Crippen LogP) is 4.45. The van der Waals surface area contributed by atoms with Crippen LogP contribution in [0.1, 0.15) is 32.8 Å². The van der Waals surface area contributed by atoms with Gasteiger partial charge in [0.25, 0.3) is 0 Å². The Bertz CT molecular complexity index is 1200. The molecule has 0 saturated carbocycles. The van der Waals surface area contributed by atoms with E-state index in [0.29, 0.717) is 23.8 Å². The van der Waals surface area contributed by atoms with Crippen LogP contribution in [0.5, 0.6) is 5.75 Å². The van der Waals surface area contributed by atoms with Crippen LogP contribution in [0.4, 0.5) is 0 Å². The Kier molecular flexibility index (Phi) is 7.35. The summed E-state index contributed by atoms with van der Waals surface area (Å²) in [5.74, 6) is -0.256. The van der Waals surface area contributed by atoms with E-state index in [2.05, 4.69) is 18.9 Å². The first-order chi connectivity index (χ1) is 15.2. The second-order valence-corrected chi connectivity index (χ2v) is 10.1. The molecular formula is C24H28N2O5S. The molecule has 32 heavy (non-hydrogen) atoms. The summed E-state index contributed by atoms with van der Waals surface area (Å²) in [6, 6.07) is 11.1. The lowest BCUT2D eigenvalue weighted by Crippen LogP contribution is -2.07. The van der Waals surface area contributed by atoms with Crippen molar-refractivity contribution in [2.45, 2.75) is 49.9 Å². The number of nitrogens with zero attached hydrogens (tertiary/aromatic N) is 2. The van der Waals surface area contributed by atoms with Crippen molar-refractivity contribution in [2.24, 2.45) is 5.92 Å². The fourth-order valence-corrected chi connectivity index (χ4v) is 4.72. The molecule has 1 N–H and O–H groups in total. The number of rotatable bonds is 10. The minimum absolute atomic E-state index is 0.00926. The van der Waals surface area contributed by atoms with Crippen LogP contribution in [0.3, 0.4) is 0 Å². The third-order valence-electron chi connectivity index (χ3n) is 4.74. The van der Waals surface area contributed by atoms with Gasteiger partial charge >= 0.3 is 5.97 Å². The fourth-order valence-electron chi connectivity index (χ4n) is 3.33. The number of carboxylic acids is 1. The Morgan fingerprint density at radius 2 is 1.91 bits per heavy atom. The SMILES string of the molecule is CCCOc1cc(CC(=O)O)cc(S(=O)(=O)c2cccc(-c3cnn(CC(C)C)c3)c2)c1. The predicted molar refractivity (Wildman–Crippen MR) is 122 cm³/mol. The fraction of sp³-hybridized carbons (Fsp3) is 0.333. The van der Waals surface area contributed by atoms with Gasteiger partial charge in [-0.05, 0) is 53.8 Å². The van der Waals surface area contributed by atoms with Crippen LogP contribution in [0, 0.1) is 5.92 Å². The summed E-state index contributed by atoms with van der Waals surface area (Å²) in [4.78, 5) is 11.3. The Morgan fingerprint density at radius 1 is 1.12 bits per heavy atom. The first kappa shape index (κ1) is 23.5.